The molecule has 0 radical (unpaired) electrons. The molecule has 0 aliphatic rings. The lowest BCUT2D eigenvalue weighted by Crippen LogP contribution is -2.13. The van der Waals surface area contributed by atoms with E-state index in [4.69, 9.17) is 9.63 Å². The molecular weight excluding hydrogens is 317 g/mol. The lowest BCUT2D eigenvalue weighted by atomic mass is 10.2. The van der Waals surface area contributed by atoms with Crippen LogP contribution in [0.2, 0.25) is 0 Å². The van der Waals surface area contributed by atoms with Crippen molar-refractivity contribution >= 4 is 17.6 Å². The summed E-state index contributed by atoms with van der Waals surface area (Å²) in [6.45, 7) is 2.01. The van der Waals surface area contributed by atoms with Gasteiger partial charge in [-0.25, -0.2) is 9.18 Å². The lowest BCUT2D eigenvalue weighted by molar-refractivity contribution is -0.116. The summed E-state index contributed by atoms with van der Waals surface area (Å²) in [5.74, 6) is -1.18. The van der Waals surface area contributed by atoms with Gasteiger partial charge < -0.3 is 14.9 Å². The normalized spacial score (nSPS) is 10.6. The number of carbonyl (C=O) groups excluding carboxylic acids is 1. The van der Waals surface area contributed by atoms with Gasteiger partial charge in [0.05, 0.1) is 11.3 Å². The van der Waals surface area contributed by atoms with E-state index in [1.54, 1.807) is 0 Å². The fourth-order valence-electron chi connectivity index (χ4n) is 2.08. The largest absolute Gasteiger partial charge is 0.478 e. The Morgan fingerprint density at radius 1 is 1.33 bits per heavy atom. The number of benzene rings is 1. The van der Waals surface area contributed by atoms with Gasteiger partial charge in [0.2, 0.25) is 11.8 Å². The van der Waals surface area contributed by atoms with Crippen LogP contribution < -0.4 is 5.32 Å². The van der Waals surface area contributed by atoms with Crippen LogP contribution in [0.5, 0.6) is 0 Å². The van der Waals surface area contributed by atoms with Crippen LogP contribution in [0.3, 0.4) is 0 Å². The molecule has 1 aromatic heterocycles. The van der Waals surface area contributed by atoms with Gasteiger partial charge in [0.15, 0.2) is 5.82 Å². The van der Waals surface area contributed by atoms with Crippen molar-refractivity contribution in [3.8, 4) is 0 Å². The van der Waals surface area contributed by atoms with Gasteiger partial charge in [0, 0.05) is 19.3 Å². The van der Waals surface area contributed by atoms with Gasteiger partial charge in [-0.05, 0) is 31.0 Å². The van der Waals surface area contributed by atoms with Gasteiger partial charge in [0.25, 0.3) is 0 Å². The van der Waals surface area contributed by atoms with Crippen molar-refractivity contribution < 1.29 is 23.6 Å². The van der Waals surface area contributed by atoms with Crippen LogP contribution in [-0.4, -0.2) is 27.1 Å². The van der Waals surface area contributed by atoms with E-state index in [2.05, 4.69) is 15.5 Å². The zero-order valence-corrected chi connectivity index (χ0v) is 13.2. The number of carbonyl (C=O) groups is 2. The topological polar surface area (TPSA) is 105 Å². The Hall–Kier alpha value is -2.77. The highest BCUT2D eigenvalue weighted by Crippen LogP contribution is 2.17. The summed E-state index contributed by atoms with van der Waals surface area (Å²) >= 11 is 0. The van der Waals surface area contributed by atoms with Crippen molar-refractivity contribution in [1.82, 2.24) is 10.1 Å². The molecule has 0 bridgehead atoms. The Morgan fingerprint density at radius 3 is 2.83 bits per heavy atom. The van der Waals surface area contributed by atoms with Crippen LogP contribution in [0.4, 0.5) is 10.1 Å². The summed E-state index contributed by atoms with van der Waals surface area (Å²) in [7, 11) is 0. The zero-order valence-electron chi connectivity index (χ0n) is 13.2. The second kappa shape index (κ2) is 8.19. The standard InChI is InChI=1S/C16H18FN3O4/c1-2-4-13-19-15(24-20-13)6-3-5-14(21)18-12-9-10(16(22)23)7-8-11(12)17/h7-9H,2-6H2,1H3,(H,18,21)(H,22,23). The van der Waals surface area contributed by atoms with Crippen molar-refractivity contribution in [3.05, 3.63) is 41.3 Å². The number of nitrogens with one attached hydrogen (secondary N) is 1. The van der Waals surface area contributed by atoms with Crippen LogP contribution in [-0.2, 0) is 17.6 Å². The highest BCUT2D eigenvalue weighted by atomic mass is 19.1. The molecule has 2 N–H and O–H groups in total. The van der Waals surface area contributed by atoms with Crippen molar-refractivity contribution in [2.75, 3.05) is 5.32 Å². The van der Waals surface area contributed by atoms with Crippen LogP contribution in [0.25, 0.3) is 0 Å². The van der Waals surface area contributed by atoms with E-state index in [-0.39, 0.29) is 17.7 Å². The van der Waals surface area contributed by atoms with Crippen LogP contribution in [0.1, 0.15) is 48.3 Å². The molecule has 1 heterocycles. The first-order chi connectivity index (χ1) is 11.5. The second-order valence-corrected chi connectivity index (χ2v) is 5.26. The molecule has 0 atom stereocenters. The third kappa shape index (κ3) is 4.87. The van der Waals surface area contributed by atoms with Crippen molar-refractivity contribution in [1.29, 1.82) is 0 Å². The Bertz CT molecular complexity index is 730. The maximum Gasteiger partial charge on any atom is 0.335 e. The molecule has 2 rings (SSSR count). The first-order valence-corrected chi connectivity index (χ1v) is 7.63. The Labute approximate surface area is 137 Å². The Balaban J connectivity index is 1.84. The smallest absolute Gasteiger partial charge is 0.335 e. The molecule has 8 heteroatoms. The number of anilines is 1. The molecule has 2 aromatic rings. The quantitative estimate of drug-likeness (QED) is 0.768. The molecular formula is C16H18FN3O4. The van der Waals surface area contributed by atoms with E-state index in [1.165, 1.54) is 0 Å². The number of aryl methyl sites for hydroxylation is 2. The number of carboxylic acid groups (broad SMARTS) is 1. The van der Waals surface area contributed by atoms with E-state index >= 15 is 0 Å². The maximum absolute atomic E-state index is 13.6. The third-order valence-corrected chi connectivity index (χ3v) is 3.27. The molecule has 0 aliphatic carbocycles. The number of amides is 1. The molecule has 0 spiro atoms. The summed E-state index contributed by atoms with van der Waals surface area (Å²) in [6, 6.07) is 3.23. The minimum atomic E-state index is -1.19. The molecule has 0 saturated heterocycles. The number of nitrogens with zero attached hydrogens (tertiary/aromatic N) is 2. The maximum atomic E-state index is 13.6. The van der Waals surface area contributed by atoms with Crippen LogP contribution >= 0.6 is 0 Å². The minimum absolute atomic E-state index is 0.0963. The van der Waals surface area contributed by atoms with E-state index in [0.717, 1.165) is 31.0 Å². The first kappa shape index (κ1) is 17.6. The molecule has 7 nitrogen and oxygen atoms in total. The van der Waals surface area contributed by atoms with Crippen molar-refractivity contribution in [2.45, 2.75) is 39.0 Å². The van der Waals surface area contributed by atoms with Gasteiger partial charge >= 0.3 is 5.97 Å². The minimum Gasteiger partial charge on any atom is -0.478 e. The van der Waals surface area contributed by atoms with Gasteiger partial charge in [0.1, 0.15) is 5.82 Å². The number of aromatic carboxylic acids is 1. The summed E-state index contributed by atoms with van der Waals surface area (Å²) in [5.41, 5.74) is -0.246. The molecule has 1 amide bonds. The number of halogens is 1. The highest BCUT2D eigenvalue weighted by molar-refractivity contribution is 5.94. The fourth-order valence-corrected chi connectivity index (χ4v) is 2.08. The first-order valence-electron chi connectivity index (χ1n) is 7.63. The Kier molecular flexibility index (Phi) is 6.00. The SMILES string of the molecule is CCCc1noc(CCCC(=O)Nc2cc(C(=O)O)ccc2F)n1. The average Bonchev–Trinajstić information content (AvgIpc) is 2.97. The molecule has 0 saturated carbocycles. The predicted molar refractivity (Wildman–Crippen MR) is 83.2 cm³/mol. The summed E-state index contributed by atoms with van der Waals surface area (Å²) in [4.78, 5) is 26.9. The zero-order chi connectivity index (χ0) is 17.5. The molecule has 24 heavy (non-hydrogen) atoms. The number of aromatic nitrogens is 2. The van der Waals surface area contributed by atoms with Crippen LogP contribution in [0.15, 0.2) is 22.7 Å². The molecule has 128 valence electrons. The predicted octanol–water partition coefficient (Wildman–Crippen LogP) is 2.82. The molecule has 0 fully saturated rings. The van der Waals surface area contributed by atoms with E-state index in [0.29, 0.717) is 24.6 Å². The van der Waals surface area contributed by atoms with E-state index in [9.17, 15) is 14.0 Å². The van der Waals surface area contributed by atoms with Crippen LogP contribution in [0, 0.1) is 5.82 Å². The third-order valence-electron chi connectivity index (χ3n) is 3.27. The van der Waals surface area contributed by atoms with E-state index in [1.807, 2.05) is 6.92 Å². The van der Waals surface area contributed by atoms with Gasteiger partial charge in [-0.2, -0.15) is 4.98 Å². The summed E-state index contributed by atoms with van der Waals surface area (Å²) < 4.78 is 18.7. The molecule has 0 unspecified atom stereocenters. The van der Waals surface area contributed by atoms with Gasteiger partial charge in [-0.3, -0.25) is 4.79 Å². The van der Waals surface area contributed by atoms with Crippen molar-refractivity contribution in [3.63, 3.8) is 0 Å². The second-order valence-electron chi connectivity index (χ2n) is 5.26. The summed E-state index contributed by atoms with van der Waals surface area (Å²) in [5, 5.41) is 15.1. The number of carboxylic acids is 1. The van der Waals surface area contributed by atoms with E-state index < -0.39 is 17.7 Å². The number of hydrogen-bond donors (Lipinski definition) is 2. The van der Waals surface area contributed by atoms with Gasteiger partial charge in [-0.15, -0.1) is 0 Å². The number of hydrogen-bond acceptors (Lipinski definition) is 5. The highest BCUT2D eigenvalue weighted by Gasteiger charge is 2.12. The number of rotatable bonds is 8. The summed E-state index contributed by atoms with van der Waals surface area (Å²) in [6.07, 6.45) is 2.69. The lowest BCUT2D eigenvalue weighted by Gasteiger charge is -2.07. The monoisotopic (exact) mass is 335 g/mol. The van der Waals surface area contributed by atoms with Gasteiger partial charge in [-0.1, -0.05) is 12.1 Å². The van der Waals surface area contributed by atoms with Crippen molar-refractivity contribution in [2.24, 2.45) is 0 Å². The molecule has 0 aliphatic heterocycles. The average molecular weight is 335 g/mol. The Morgan fingerprint density at radius 2 is 2.12 bits per heavy atom. The molecule has 1 aromatic carbocycles. The fraction of sp³-hybridized carbons (Fsp3) is 0.375.